The zero-order valence-electron chi connectivity index (χ0n) is 18.8. The fourth-order valence-electron chi connectivity index (χ4n) is 3.67. The fourth-order valence-corrected chi connectivity index (χ4v) is 5.32. The van der Waals surface area contributed by atoms with Crippen molar-refractivity contribution in [3.63, 3.8) is 0 Å². The van der Waals surface area contributed by atoms with Crippen LogP contribution in [0.4, 0.5) is 5.82 Å². The molecule has 0 bridgehead atoms. The summed E-state index contributed by atoms with van der Waals surface area (Å²) >= 11 is 0. The molecule has 4 rings (SSSR count). The molecule has 2 aliphatic rings. The monoisotopic (exact) mass is 468 g/mol. The Labute approximate surface area is 194 Å². The molecule has 1 N–H and O–H groups in total. The smallest absolute Gasteiger partial charge is 0.279 e. The molecule has 0 radical (unpaired) electrons. The number of allylic oxidation sites excluding steroid dienone is 1. The second kappa shape index (κ2) is 9.82. The molecule has 2 aromatic rings. The number of nitrogens with one attached hydrogen (secondary N) is 1. The summed E-state index contributed by atoms with van der Waals surface area (Å²) in [6.45, 7) is 3.93. The molecule has 0 spiro atoms. The van der Waals surface area contributed by atoms with E-state index in [1.54, 1.807) is 18.3 Å². The summed E-state index contributed by atoms with van der Waals surface area (Å²) in [6, 6.07) is 6.23. The van der Waals surface area contributed by atoms with E-state index >= 15 is 0 Å². The summed E-state index contributed by atoms with van der Waals surface area (Å²) in [6.07, 6.45) is 10.3. The van der Waals surface area contributed by atoms with Gasteiger partial charge >= 0.3 is 0 Å². The number of nitrogens with zero attached hydrogens (tertiary/aromatic N) is 3. The SMILES string of the molecule is CC(C)=Cc1cnc(NC(=O)/C(=N/OC2CCCC2)c2ccc(S(=O)(=O)C3CC3)cc2)cn1. The first kappa shape index (κ1) is 23.1. The van der Waals surface area contributed by atoms with E-state index < -0.39 is 15.7 Å². The molecule has 1 aromatic carbocycles. The van der Waals surface area contributed by atoms with Crippen LogP contribution in [0, 0.1) is 0 Å². The Morgan fingerprint density at radius 1 is 1.06 bits per heavy atom. The molecule has 0 atom stereocenters. The van der Waals surface area contributed by atoms with Crippen LogP contribution in [0.3, 0.4) is 0 Å². The second-order valence-electron chi connectivity index (χ2n) is 8.72. The molecule has 1 amide bonds. The standard InChI is InChI=1S/C24H28N4O4S/c1-16(2)13-18-14-26-22(15-25-18)27-24(29)23(28-32-19-5-3-4-6-19)17-7-9-20(10-8-17)33(30,31)21-11-12-21/h7-10,13-15,19,21H,3-6,11-12H2,1-2H3,(H,26,27,29)/b28-23+. The van der Waals surface area contributed by atoms with Gasteiger partial charge in [-0.2, -0.15) is 0 Å². The van der Waals surface area contributed by atoms with Gasteiger partial charge in [-0.15, -0.1) is 0 Å². The van der Waals surface area contributed by atoms with Gasteiger partial charge in [-0.1, -0.05) is 22.9 Å². The van der Waals surface area contributed by atoms with Crippen molar-refractivity contribution < 1.29 is 18.0 Å². The molecular weight excluding hydrogens is 440 g/mol. The minimum absolute atomic E-state index is 0.0227. The van der Waals surface area contributed by atoms with Crippen molar-refractivity contribution in [1.29, 1.82) is 0 Å². The van der Waals surface area contributed by atoms with E-state index in [2.05, 4.69) is 20.4 Å². The third kappa shape index (κ3) is 5.84. The first-order valence-corrected chi connectivity index (χ1v) is 12.7. The molecule has 1 aromatic heterocycles. The van der Waals surface area contributed by atoms with E-state index in [0.717, 1.165) is 31.3 Å². The van der Waals surface area contributed by atoms with Crippen LogP contribution in [-0.2, 0) is 19.5 Å². The molecule has 174 valence electrons. The highest BCUT2D eigenvalue weighted by Crippen LogP contribution is 2.33. The summed E-state index contributed by atoms with van der Waals surface area (Å²) in [5.74, 6) is -0.220. The Hall–Kier alpha value is -3.07. The van der Waals surface area contributed by atoms with Crippen molar-refractivity contribution >= 4 is 33.4 Å². The van der Waals surface area contributed by atoms with Crippen LogP contribution < -0.4 is 5.32 Å². The number of carbonyl (C=O) groups is 1. The average Bonchev–Trinajstić information content (AvgIpc) is 3.53. The number of oxime groups is 1. The van der Waals surface area contributed by atoms with Crippen LogP contribution in [0.5, 0.6) is 0 Å². The zero-order chi connectivity index (χ0) is 23.4. The molecule has 0 unspecified atom stereocenters. The van der Waals surface area contributed by atoms with Crippen LogP contribution in [0.2, 0.25) is 0 Å². The predicted octanol–water partition coefficient (Wildman–Crippen LogP) is 4.14. The lowest BCUT2D eigenvalue weighted by atomic mass is 10.1. The number of hydrogen-bond donors (Lipinski definition) is 1. The number of anilines is 1. The average molecular weight is 469 g/mol. The van der Waals surface area contributed by atoms with Gasteiger partial charge in [-0.25, -0.2) is 13.4 Å². The van der Waals surface area contributed by atoms with Gasteiger partial charge < -0.3 is 10.2 Å². The molecular formula is C24H28N4O4S. The van der Waals surface area contributed by atoms with Crippen molar-refractivity contribution in [3.05, 3.63) is 53.5 Å². The minimum atomic E-state index is -3.31. The van der Waals surface area contributed by atoms with Crippen molar-refractivity contribution in [1.82, 2.24) is 9.97 Å². The van der Waals surface area contributed by atoms with Crippen LogP contribution in [0.1, 0.15) is 63.6 Å². The molecule has 1 heterocycles. The highest BCUT2D eigenvalue weighted by molar-refractivity contribution is 7.92. The molecule has 0 saturated heterocycles. The number of hydrogen-bond acceptors (Lipinski definition) is 7. The van der Waals surface area contributed by atoms with Gasteiger partial charge in [0.15, 0.2) is 21.4 Å². The summed E-state index contributed by atoms with van der Waals surface area (Å²) in [7, 11) is -3.31. The van der Waals surface area contributed by atoms with Gasteiger partial charge in [-0.3, -0.25) is 9.78 Å². The number of benzene rings is 1. The summed E-state index contributed by atoms with van der Waals surface area (Å²) in [4.78, 5) is 27.5. The highest BCUT2D eigenvalue weighted by Gasteiger charge is 2.36. The normalized spacial score (nSPS) is 17.0. The van der Waals surface area contributed by atoms with Crippen LogP contribution >= 0.6 is 0 Å². The third-order valence-electron chi connectivity index (χ3n) is 5.58. The quantitative estimate of drug-likeness (QED) is 0.460. The van der Waals surface area contributed by atoms with Gasteiger partial charge in [0, 0.05) is 5.56 Å². The van der Waals surface area contributed by atoms with Crippen LogP contribution in [0.25, 0.3) is 6.08 Å². The second-order valence-corrected chi connectivity index (χ2v) is 11.0. The topological polar surface area (TPSA) is 111 Å². The van der Waals surface area contributed by atoms with E-state index in [0.29, 0.717) is 24.1 Å². The van der Waals surface area contributed by atoms with Gasteiger partial charge in [0.05, 0.1) is 28.2 Å². The fraction of sp³-hybridized carbons (Fsp3) is 0.417. The maximum atomic E-state index is 13.1. The van der Waals surface area contributed by atoms with Gasteiger partial charge in [0.1, 0.15) is 6.10 Å². The van der Waals surface area contributed by atoms with Gasteiger partial charge in [0.25, 0.3) is 5.91 Å². The highest BCUT2D eigenvalue weighted by atomic mass is 32.2. The van der Waals surface area contributed by atoms with E-state index in [4.69, 9.17) is 4.84 Å². The molecule has 2 aliphatic carbocycles. The minimum Gasteiger partial charge on any atom is -0.392 e. The number of aromatic nitrogens is 2. The Morgan fingerprint density at radius 2 is 1.76 bits per heavy atom. The van der Waals surface area contributed by atoms with Gasteiger partial charge in [-0.05, 0) is 70.6 Å². The largest absolute Gasteiger partial charge is 0.392 e. The maximum absolute atomic E-state index is 13.1. The third-order valence-corrected chi connectivity index (χ3v) is 7.86. The summed E-state index contributed by atoms with van der Waals surface area (Å²) in [5.41, 5.74) is 2.31. The Bertz CT molecular complexity index is 1160. The first-order valence-electron chi connectivity index (χ1n) is 11.2. The van der Waals surface area contributed by atoms with E-state index in [1.165, 1.54) is 18.3 Å². The number of sulfone groups is 1. The number of carbonyl (C=O) groups excluding carboxylic acids is 1. The molecule has 0 aliphatic heterocycles. The lowest BCUT2D eigenvalue weighted by molar-refractivity contribution is -0.110. The molecule has 8 nitrogen and oxygen atoms in total. The number of rotatable bonds is 8. The van der Waals surface area contributed by atoms with E-state index in [9.17, 15) is 13.2 Å². The summed E-state index contributed by atoms with van der Waals surface area (Å²) in [5, 5.41) is 6.58. The van der Waals surface area contributed by atoms with Crippen molar-refractivity contribution in [2.75, 3.05) is 5.32 Å². The first-order chi connectivity index (χ1) is 15.8. The predicted molar refractivity (Wildman–Crippen MR) is 127 cm³/mol. The lowest BCUT2D eigenvalue weighted by Gasteiger charge is -2.11. The lowest BCUT2D eigenvalue weighted by Crippen LogP contribution is -2.25. The van der Waals surface area contributed by atoms with E-state index in [-0.39, 0.29) is 27.8 Å². The Morgan fingerprint density at radius 3 is 2.33 bits per heavy atom. The summed E-state index contributed by atoms with van der Waals surface area (Å²) < 4.78 is 25.0. The van der Waals surface area contributed by atoms with Crippen molar-refractivity contribution in [2.24, 2.45) is 5.16 Å². The molecule has 2 saturated carbocycles. The van der Waals surface area contributed by atoms with Crippen LogP contribution in [-0.4, -0.2) is 41.4 Å². The Balaban J connectivity index is 1.55. The zero-order valence-corrected chi connectivity index (χ0v) is 19.6. The Kier molecular flexibility index (Phi) is 6.88. The maximum Gasteiger partial charge on any atom is 0.279 e. The van der Waals surface area contributed by atoms with Crippen LogP contribution in [0.15, 0.2) is 52.3 Å². The van der Waals surface area contributed by atoms with Gasteiger partial charge in [0.2, 0.25) is 0 Å². The number of amides is 1. The molecule has 33 heavy (non-hydrogen) atoms. The van der Waals surface area contributed by atoms with E-state index in [1.807, 2.05) is 19.9 Å². The molecule has 9 heteroatoms. The van der Waals surface area contributed by atoms with Crippen molar-refractivity contribution in [3.8, 4) is 0 Å². The molecule has 2 fully saturated rings. The van der Waals surface area contributed by atoms with Crippen molar-refractivity contribution in [2.45, 2.75) is 68.6 Å².